The van der Waals surface area contributed by atoms with Gasteiger partial charge in [-0.2, -0.15) is 5.10 Å². The highest BCUT2D eigenvalue weighted by atomic mass is 15.3. The van der Waals surface area contributed by atoms with Crippen LogP contribution in [-0.2, 0) is 13.1 Å². The maximum Gasteiger partial charge on any atom is 0.145 e. The third-order valence-electron chi connectivity index (χ3n) is 3.37. The second kappa shape index (κ2) is 4.80. The van der Waals surface area contributed by atoms with Gasteiger partial charge >= 0.3 is 0 Å². The molecular weight excluding hydrogens is 236 g/mol. The Balaban J connectivity index is 1.68. The first-order valence-corrected chi connectivity index (χ1v) is 6.57. The molecule has 4 heteroatoms. The molecule has 0 aliphatic carbocycles. The lowest BCUT2D eigenvalue weighted by atomic mass is 10.2. The average molecular weight is 254 g/mol. The van der Waals surface area contributed by atoms with Crippen LogP contribution >= 0.6 is 0 Å². The zero-order valence-electron chi connectivity index (χ0n) is 11.1. The summed E-state index contributed by atoms with van der Waals surface area (Å²) in [6, 6.07) is 10.6. The van der Waals surface area contributed by atoms with Crippen molar-refractivity contribution in [1.82, 2.24) is 14.3 Å². The summed E-state index contributed by atoms with van der Waals surface area (Å²) in [4.78, 5) is 0. The summed E-state index contributed by atoms with van der Waals surface area (Å²) in [5.41, 5.74) is 8.20. The summed E-state index contributed by atoms with van der Waals surface area (Å²) in [5, 5.41) is 5.50. The Morgan fingerprint density at radius 2 is 2.00 bits per heavy atom. The Morgan fingerprint density at radius 3 is 2.79 bits per heavy atom. The van der Waals surface area contributed by atoms with Crippen LogP contribution in [0.25, 0.3) is 10.9 Å². The van der Waals surface area contributed by atoms with Crippen molar-refractivity contribution >= 4 is 16.7 Å². The van der Waals surface area contributed by atoms with E-state index >= 15 is 0 Å². The number of fused-ring (bicyclic) bond motifs is 1. The summed E-state index contributed by atoms with van der Waals surface area (Å²) < 4.78 is 4.19. The zero-order valence-corrected chi connectivity index (χ0v) is 11.1. The molecule has 0 saturated heterocycles. The molecule has 0 spiro atoms. The number of hydrogen-bond acceptors (Lipinski definition) is 2. The summed E-state index contributed by atoms with van der Waals surface area (Å²) in [6.07, 6.45) is 5.12. The first kappa shape index (κ1) is 11.8. The lowest BCUT2D eigenvalue weighted by Crippen LogP contribution is -2.04. The molecular formula is C15H18N4. The molecule has 98 valence electrons. The third-order valence-corrected chi connectivity index (χ3v) is 3.37. The molecule has 0 unspecified atom stereocenters. The quantitative estimate of drug-likeness (QED) is 0.778. The van der Waals surface area contributed by atoms with Crippen LogP contribution in [0.3, 0.4) is 0 Å². The van der Waals surface area contributed by atoms with Crippen LogP contribution in [0.5, 0.6) is 0 Å². The summed E-state index contributed by atoms with van der Waals surface area (Å²) in [7, 11) is 0. The van der Waals surface area contributed by atoms with Crippen molar-refractivity contribution in [3.8, 4) is 0 Å². The number of nitrogens with two attached hydrogens (primary N) is 1. The summed E-state index contributed by atoms with van der Waals surface area (Å²) >= 11 is 0. The molecule has 0 atom stereocenters. The van der Waals surface area contributed by atoms with Crippen molar-refractivity contribution in [2.75, 3.05) is 5.73 Å². The fourth-order valence-corrected chi connectivity index (χ4v) is 2.42. The van der Waals surface area contributed by atoms with Gasteiger partial charge in [-0.15, -0.1) is 0 Å². The molecule has 4 nitrogen and oxygen atoms in total. The van der Waals surface area contributed by atoms with Gasteiger partial charge in [0.2, 0.25) is 0 Å². The van der Waals surface area contributed by atoms with Gasteiger partial charge in [0.15, 0.2) is 0 Å². The fourth-order valence-electron chi connectivity index (χ4n) is 2.42. The Hall–Kier alpha value is -2.23. The molecule has 0 aliphatic rings. The monoisotopic (exact) mass is 254 g/mol. The van der Waals surface area contributed by atoms with E-state index in [0.29, 0.717) is 5.82 Å². The molecule has 19 heavy (non-hydrogen) atoms. The fraction of sp³-hybridized carbons (Fsp3) is 0.267. The van der Waals surface area contributed by atoms with Crippen molar-refractivity contribution < 1.29 is 0 Å². The summed E-state index contributed by atoms with van der Waals surface area (Å²) in [5.74, 6) is 0.585. The topological polar surface area (TPSA) is 48.8 Å². The maximum absolute atomic E-state index is 5.60. The van der Waals surface area contributed by atoms with Crippen LogP contribution in [0.4, 0.5) is 5.82 Å². The number of nitrogens with zero attached hydrogens (tertiary/aromatic N) is 3. The smallest absolute Gasteiger partial charge is 0.145 e. The van der Waals surface area contributed by atoms with Crippen molar-refractivity contribution in [3.05, 3.63) is 48.3 Å². The molecule has 0 radical (unpaired) electrons. The second-order valence-corrected chi connectivity index (χ2v) is 4.93. The molecule has 0 aliphatic heterocycles. The first-order valence-electron chi connectivity index (χ1n) is 6.57. The minimum atomic E-state index is 0.585. The molecule has 3 rings (SSSR count). The number of aromatic nitrogens is 3. The molecule has 2 aromatic heterocycles. The molecule has 0 bridgehead atoms. The van der Waals surface area contributed by atoms with Crippen LogP contribution in [-0.4, -0.2) is 14.3 Å². The van der Waals surface area contributed by atoms with Gasteiger partial charge in [0.1, 0.15) is 5.82 Å². The highest BCUT2D eigenvalue weighted by Crippen LogP contribution is 2.17. The minimum absolute atomic E-state index is 0.585. The van der Waals surface area contributed by atoms with E-state index < -0.39 is 0 Å². The zero-order chi connectivity index (χ0) is 13.2. The molecule has 0 amide bonds. The number of anilines is 1. The first-order chi connectivity index (χ1) is 9.22. The highest BCUT2D eigenvalue weighted by Gasteiger charge is 2.01. The van der Waals surface area contributed by atoms with Gasteiger partial charge in [0.05, 0.1) is 0 Å². The number of benzene rings is 1. The van der Waals surface area contributed by atoms with E-state index in [-0.39, 0.29) is 0 Å². The predicted molar refractivity (Wildman–Crippen MR) is 77.9 cm³/mol. The molecule has 0 saturated carbocycles. The normalized spacial score (nSPS) is 11.2. The van der Waals surface area contributed by atoms with Gasteiger partial charge in [-0.05, 0) is 43.0 Å². The SMILES string of the molecule is Cc1ccc2c(ccn2CCCn2ccc(N)n2)c1. The standard InChI is InChI=1S/C15H18N4/c1-12-3-4-14-13(11-12)5-9-18(14)7-2-8-19-10-6-15(16)17-19/h3-6,9-11H,2,7-8H2,1H3,(H2,16,17). The van der Waals surface area contributed by atoms with Crippen LogP contribution in [0, 0.1) is 6.92 Å². The average Bonchev–Trinajstić information content (AvgIpc) is 2.96. The molecule has 0 fully saturated rings. The van der Waals surface area contributed by atoms with Crippen molar-refractivity contribution in [2.45, 2.75) is 26.4 Å². The molecule has 2 heterocycles. The lowest BCUT2D eigenvalue weighted by Gasteiger charge is -2.06. The van der Waals surface area contributed by atoms with Gasteiger partial charge < -0.3 is 10.3 Å². The second-order valence-electron chi connectivity index (χ2n) is 4.93. The Kier molecular flexibility index (Phi) is 2.99. The number of nitrogen functional groups attached to an aromatic ring is 1. The van der Waals surface area contributed by atoms with Crippen LogP contribution in [0.1, 0.15) is 12.0 Å². The minimum Gasteiger partial charge on any atom is -0.382 e. The molecule has 1 aromatic carbocycles. The van der Waals surface area contributed by atoms with E-state index in [1.165, 1.54) is 16.5 Å². The van der Waals surface area contributed by atoms with Crippen molar-refractivity contribution in [2.24, 2.45) is 0 Å². The van der Waals surface area contributed by atoms with Gasteiger partial charge in [0.25, 0.3) is 0 Å². The van der Waals surface area contributed by atoms with E-state index in [0.717, 1.165) is 19.5 Å². The highest BCUT2D eigenvalue weighted by molar-refractivity contribution is 5.80. The molecule has 3 aromatic rings. The van der Waals surface area contributed by atoms with Crippen LogP contribution < -0.4 is 5.73 Å². The maximum atomic E-state index is 5.60. The van der Waals surface area contributed by atoms with E-state index in [9.17, 15) is 0 Å². The Morgan fingerprint density at radius 1 is 1.11 bits per heavy atom. The Labute approximate surface area is 112 Å². The van der Waals surface area contributed by atoms with E-state index in [1.807, 2.05) is 16.9 Å². The third kappa shape index (κ3) is 2.47. The van der Waals surface area contributed by atoms with E-state index in [4.69, 9.17) is 5.73 Å². The summed E-state index contributed by atoms with van der Waals surface area (Å²) in [6.45, 7) is 4.01. The number of rotatable bonds is 4. The predicted octanol–water partition coefficient (Wildman–Crippen LogP) is 2.82. The lowest BCUT2D eigenvalue weighted by molar-refractivity contribution is 0.535. The van der Waals surface area contributed by atoms with Gasteiger partial charge in [-0.25, -0.2) is 0 Å². The van der Waals surface area contributed by atoms with Gasteiger partial charge in [-0.3, -0.25) is 4.68 Å². The number of hydrogen-bond donors (Lipinski definition) is 1. The van der Waals surface area contributed by atoms with E-state index in [2.05, 4.69) is 47.1 Å². The van der Waals surface area contributed by atoms with Gasteiger partial charge in [-0.1, -0.05) is 11.6 Å². The molecule has 2 N–H and O–H groups in total. The largest absolute Gasteiger partial charge is 0.382 e. The van der Waals surface area contributed by atoms with Crippen molar-refractivity contribution in [3.63, 3.8) is 0 Å². The van der Waals surface area contributed by atoms with Gasteiger partial charge in [0, 0.05) is 31.0 Å². The van der Waals surface area contributed by atoms with Crippen LogP contribution in [0.15, 0.2) is 42.7 Å². The van der Waals surface area contributed by atoms with Crippen molar-refractivity contribution in [1.29, 1.82) is 0 Å². The Bertz CT molecular complexity index is 693. The van der Waals surface area contributed by atoms with Crippen LogP contribution in [0.2, 0.25) is 0 Å². The van der Waals surface area contributed by atoms with E-state index in [1.54, 1.807) is 0 Å². The number of aryl methyl sites for hydroxylation is 3.